The number of aromatic nitrogens is 3. The molecule has 0 aliphatic rings. The summed E-state index contributed by atoms with van der Waals surface area (Å²) in [5.41, 5.74) is -1.69. The van der Waals surface area contributed by atoms with E-state index in [2.05, 4.69) is 15.5 Å². The van der Waals surface area contributed by atoms with E-state index in [1.54, 1.807) is 18.5 Å². The molecule has 0 amide bonds. The molecular formula is C13H14F3N5O2. The van der Waals surface area contributed by atoms with Gasteiger partial charge in [-0.1, -0.05) is 6.92 Å². The first-order chi connectivity index (χ1) is 10.7. The van der Waals surface area contributed by atoms with Crippen LogP contribution in [0.5, 0.6) is 0 Å². The molecule has 1 atom stereocenters. The average molecular weight is 329 g/mol. The highest BCUT2D eigenvalue weighted by atomic mass is 19.4. The van der Waals surface area contributed by atoms with Gasteiger partial charge in [-0.3, -0.25) is 10.1 Å². The van der Waals surface area contributed by atoms with Gasteiger partial charge < -0.3 is 9.88 Å². The summed E-state index contributed by atoms with van der Waals surface area (Å²) in [5.74, 6) is 0.360. The number of nitro groups is 1. The van der Waals surface area contributed by atoms with Crippen molar-refractivity contribution >= 4 is 11.4 Å². The predicted octanol–water partition coefficient (Wildman–Crippen LogP) is 2.96. The van der Waals surface area contributed by atoms with E-state index in [4.69, 9.17) is 0 Å². The normalized spacial score (nSPS) is 12.9. The van der Waals surface area contributed by atoms with E-state index in [1.807, 2.05) is 0 Å². The van der Waals surface area contributed by atoms with Crippen molar-refractivity contribution in [2.75, 3.05) is 11.9 Å². The number of benzene rings is 1. The fourth-order valence-corrected chi connectivity index (χ4v) is 2.13. The Labute approximate surface area is 129 Å². The third-order valence-corrected chi connectivity index (χ3v) is 3.31. The van der Waals surface area contributed by atoms with E-state index >= 15 is 0 Å². The summed E-state index contributed by atoms with van der Waals surface area (Å²) >= 11 is 0. The summed E-state index contributed by atoms with van der Waals surface area (Å²) in [7, 11) is 1.72. The number of non-ortho nitro benzene ring substituents is 1. The number of halogens is 3. The molecule has 0 bridgehead atoms. The molecule has 0 fully saturated rings. The van der Waals surface area contributed by atoms with Gasteiger partial charge in [0.25, 0.3) is 5.69 Å². The van der Waals surface area contributed by atoms with Crippen LogP contribution in [0.2, 0.25) is 0 Å². The van der Waals surface area contributed by atoms with Gasteiger partial charge in [-0.2, -0.15) is 13.2 Å². The number of nitro benzene ring substituents is 1. The minimum Gasteiger partial charge on any atom is -0.384 e. The van der Waals surface area contributed by atoms with Crippen LogP contribution in [0.4, 0.5) is 24.5 Å². The van der Waals surface area contributed by atoms with E-state index in [0.29, 0.717) is 11.9 Å². The van der Waals surface area contributed by atoms with Gasteiger partial charge in [0, 0.05) is 31.6 Å². The van der Waals surface area contributed by atoms with Crippen LogP contribution in [0.1, 0.15) is 24.2 Å². The van der Waals surface area contributed by atoms with Gasteiger partial charge in [-0.25, -0.2) is 0 Å². The lowest BCUT2D eigenvalue weighted by atomic mass is 10.1. The SMILES string of the molecule is CC(CNc1cc([N+](=O)[O-])ccc1C(F)(F)F)c1nncn1C. The lowest BCUT2D eigenvalue weighted by Gasteiger charge is -2.17. The first-order valence-corrected chi connectivity index (χ1v) is 6.63. The maximum absolute atomic E-state index is 13.0. The van der Waals surface area contributed by atoms with Gasteiger partial charge in [0.05, 0.1) is 16.2 Å². The van der Waals surface area contributed by atoms with Crippen LogP contribution in [0.3, 0.4) is 0 Å². The highest BCUT2D eigenvalue weighted by Crippen LogP contribution is 2.37. The summed E-state index contributed by atoms with van der Waals surface area (Å²) in [6.45, 7) is 1.89. The van der Waals surface area contributed by atoms with Crippen LogP contribution >= 0.6 is 0 Å². The zero-order chi connectivity index (χ0) is 17.2. The van der Waals surface area contributed by atoms with Gasteiger partial charge in [-0.15, -0.1) is 10.2 Å². The summed E-state index contributed by atoms with van der Waals surface area (Å²) < 4.78 is 40.7. The van der Waals surface area contributed by atoms with Crippen molar-refractivity contribution in [3.05, 3.63) is 46.0 Å². The molecule has 1 aromatic carbocycles. The predicted molar refractivity (Wildman–Crippen MR) is 76.0 cm³/mol. The first kappa shape index (κ1) is 16.7. The highest BCUT2D eigenvalue weighted by molar-refractivity contribution is 5.58. The molecule has 0 aliphatic carbocycles. The molecule has 1 heterocycles. The molecule has 1 unspecified atom stereocenters. The summed E-state index contributed by atoms with van der Waals surface area (Å²) in [6.07, 6.45) is -3.12. The van der Waals surface area contributed by atoms with E-state index in [1.165, 1.54) is 6.33 Å². The van der Waals surface area contributed by atoms with E-state index in [9.17, 15) is 23.3 Å². The van der Waals surface area contributed by atoms with Crippen LogP contribution in [-0.4, -0.2) is 26.2 Å². The van der Waals surface area contributed by atoms with Gasteiger partial charge in [-0.05, 0) is 6.07 Å². The smallest absolute Gasteiger partial charge is 0.384 e. The Balaban J connectivity index is 2.25. The summed E-state index contributed by atoms with van der Waals surface area (Å²) in [5, 5.41) is 21.0. The number of nitrogens with one attached hydrogen (secondary N) is 1. The van der Waals surface area contributed by atoms with E-state index in [0.717, 1.165) is 12.1 Å². The fraction of sp³-hybridized carbons (Fsp3) is 0.385. The molecule has 10 heteroatoms. The molecule has 2 aromatic rings. The Kier molecular flexibility index (Phi) is 4.52. The van der Waals surface area contributed by atoms with Crippen LogP contribution < -0.4 is 5.32 Å². The van der Waals surface area contributed by atoms with Gasteiger partial charge in [0.1, 0.15) is 12.2 Å². The van der Waals surface area contributed by atoms with Crippen molar-refractivity contribution < 1.29 is 18.1 Å². The van der Waals surface area contributed by atoms with Crippen LogP contribution in [0.15, 0.2) is 24.5 Å². The third-order valence-electron chi connectivity index (χ3n) is 3.31. The molecular weight excluding hydrogens is 315 g/mol. The van der Waals surface area contributed by atoms with E-state index in [-0.39, 0.29) is 18.2 Å². The average Bonchev–Trinajstić information content (AvgIpc) is 2.89. The molecule has 23 heavy (non-hydrogen) atoms. The molecule has 1 N–H and O–H groups in total. The second-order valence-corrected chi connectivity index (χ2v) is 5.07. The molecule has 124 valence electrons. The van der Waals surface area contributed by atoms with E-state index < -0.39 is 22.4 Å². The molecule has 0 spiro atoms. The van der Waals surface area contributed by atoms with Crippen molar-refractivity contribution in [3.63, 3.8) is 0 Å². The number of anilines is 1. The third kappa shape index (κ3) is 3.76. The molecule has 0 saturated heterocycles. The van der Waals surface area contributed by atoms with Crippen molar-refractivity contribution in [2.45, 2.75) is 19.0 Å². The summed E-state index contributed by atoms with van der Waals surface area (Å²) in [4.78, 5) is 10.0. The zero-order valence-electron chi connectivity index (χ0n) is 12.3. The Bertz CT molecular complexity index is 714. The van der Waals surface area contributed by atoms with Crippen LogP contribution in [0.25, 0.3) is 0 Å². The van der Waals surface area contributed by atoms with Crippen LogP contribution in [0, 0.1) is 10.1 Å². The topological polar surface area (TPSA) is 85.9 Å². The number of hydrogen-bond donors (Lipinski definition) is 1. The minimum absolute atomic E-state index is 0.122. The van der Waals surface area contributed by atoms with Crippen LogP contribution in [-0.2, 0) is 13.2 Å². The summed E-state index contributed by atoms with van der Waals surface area (Å²) in [6, 6.07) is 2.42. The zero-order valence-corrected chi connectivity index (χ0v) is 12.3. The number of alkyl halides is 3. The lowest BCUT2D eigenvalue weighted by molar-refractivity contribution is -0.384. The standard InChI is InChI=1S/C13H14F3N5O2/c1-8(12-19-18-7-20(12)2)6-17-11-5-9(21(22)23)3-4-10(11)13(14,15)16/h3-5,7-8,17H,6H2,1-2H3. The number of nitrogens with zero attached hydrogens (tertiary/aromatic N) is 4. The van der Waals surface area contributed by atoms with Crippen molar-refractivity contribution in [1.29, 1.82) is 0 Å². The quantitative estimate of drug-likeness (QED) is 0.673. The van der Waals surface area contributed by atoms with Gasteiger partial charge in [0.15, 0.2) is 0 Å². The Morgan fingerprint density at radius 3 is 2.65 bits per heavy atom. The lowest BCUT2D eigenvalue weighted by Crippen LogP contribution is -2.17. The minimum atomic E-state index is -4.61. The second kappa shape index (κ2) is 6.23. The molecule has 1 aromatic heterocycles. The van der Waals surface area contributed by atoms with Crippen molar-refractivity contribution in [2.24, 2.45) is 7.05 Å². The van der Waals surface area contributed by atoms with Crippen molar-refractivity contribution in [3.8, 4) is 0 Å². The molecule has 2 rings (SSSR count). The Hall–Kier alpha value is -2.65. The first-order valence-electron chi connectivity index (χ1n) is 6.63. The highest BCUT2D eigenvalue weighted by Gasteiger charge is 2.34. The van der Waals surface area contributed by atoms with Crippen molar-refractivity contribution in [1.82, 2.24) is 14.8 Å². The number of rotatable bonds is 5. The van der Waals surface area contributed by atoms with Gasteiger partial charge >= 0.3 is 6.18 Å². The Morgan fingerprint density at radius 2 is 2.13 bits per heavy atom. The second-order valence-electron chi connectivity index (χ2n) is 5.07. The number of hydrogen-bond acceptors (Lipinski definition) is 5. The maximum Gasteiger partial charge on any atom is 0.418 e. The molecule has 7 nitrogen and oxygen atoms in total. The molecule has 0 aliphatic heterocycles. The number of aryl methyl sites for hydroxylation is 1. The molecule has 0 radical (unpaired) electrons. The van der Waals surface area contributed by atoms with Gasteiger partial charge in [0.2, 0.25) is 0 Å². The Morgan fingerprint density at radius 1 is 1.43 bits per heavy atom. The largest absolute Gasteiger partial charge is 0.418 e. The maximum atomic E-state index is 13.0. The fourth-order valence-electron chi connectivity index (χ4n) is 2.13. The molecule has 0 saturated carbocycles. The monoisotopic (exact) mass is 329 g/mol.